The summed E-state index contributed by atoms with van der Waals surface area (Å²) in [5, 5.41) is 33.3. The molecular weight excluding hydrogens is 284 g/mol. The Labute approximate surface area is 119 Å². The molecule has 0 heterocycles. The summed E-state index contributed by atoms with van der Waals surface area (Å²) in [7, 11) is 0. The van der Waals surface area contributed by atoms with E-state index in [0.717, 1.165) is 18.6 Å². The predicted octanol–water partition coefficient (Wildman–Crippen LogP) is 1.83. The van der Waals surface area contributed by atoms with Crippen LogP contribution in [0.3, 0.4) is 0 Å². The molecule has 0 unspecified atom stereocenters. The van der Waals surface area contributed by atoms with Gasteiger partial charge in [0.15, 0.2) is 5.69 Å². The molecule has 0 saturated carbocycles. The number of hydrogen-bond donors (Lipinski definition) is 3. The van der Waals surface area contributed by atoms with Gasteiger partial charge in [0, 0.05) is 18.7 Å². The van der Waals surface area contributed by atoms with Crippen molar-refractivity contribution in [2.45, 2.75) is 19.8 Å². The van der Waals surface area contributed by atoms with Crippen LogP contribution in [0.4, 0.5) is 17.1 Å². The van der Waals surface area contributed by atoms with Gasteiger partial charge in [-0.25, -0.2) is 5.48 Å². The Balaban J connectivity index is 3.40. The Morgan fingerprint density at radius 1 is 1.24 bits per heavy atom. The third-order valence-corrected chi connectivity index (χ3v) is 2.69. The van der Waals surface area contributed by atoms with Gasteiger partial charge in [0.2, 0.25) is 0 Å². The van der Waals surface area contributed by atoms with Gasteiger partial charge in [-0.05, 0) is 6.42 Å². The Morgan fingerprint density at radius 2 is 1.76 bits per heavy atom. The number of hydrogen-bond acceptors (Lipinski definition) is 7. The summed E-state index contributed by atoms with van der Waals surface area (Å²) in [6.07, 6.45) is 1.48. The third-order valence-electron chi connectivity index (χ3n) is 2.69. The van der Waals surface area contributed by atoms with Crippen LogP contribution >= 0.6 is 0 Å². The zero-order valence-electron chi connectivity index (χ0n) is 11.2. The average molecular weight is 298 g/mol. The summed E-state index contributed by atoms with van der Waals surface area (Å²) in [6, 6.07) is 1.74. The van der Waals surface area contributed by atoms with Crippen LogP contribution in [-0.2, 0) is 0 Å². The largest absolute Gasteiger partial charge is 0.374 e. The molecule has 0 aromatic heterocycles. The lowest BCUT2D eigenvalue weighted by molar-refractivity contribution is -0.392. The Kier molecular flexibility index (Phi) is 5.55. The van der Waals surface area contributed by atoms with E-state index in [9.17, 15) is 25.0 Å². The smallest absolute Gasteiger partial charge is 0.300 e. The van der Waals surface area contributed by atoms with Crippen molar-refractivity contribution in [3.8, 4) is 0 Å². The van der Waals surface area contributed by atoms with Crippen LogP contribution in [0.5, 0.6) is 0 Å². The second kappa shape index (κ2) is 7.14. The molecule has 114 valence electrons. The molecule has 21 heavy (non-hydrogen) atoms. The normalized spacial score (nSPS) is 10.0. The maximum atomic E-state index is 11.3. The molecule has 0 aliphatic rings. The zero-order valence-corrected chi connectivity index (χ0v) is 11.2. The van der Waals surface area contributed by atoms with Gasteiger partial charge in [0.25, 0.3) is 17.3 Å². The minimum Gasteiger partial charge on any atom is -0.374 e. The Bertz CT molecular complexity index is 539. The van der Waals surface area contributed by atoms with Gasteiger partial charge < -0.3 is 5.32 Å². The molecule has 1 aromatic rings. The topological polar surface area (TPSA) is 148 Å². The van der Waals surface area contributed by atoms with Crippen LogP contribution in [0, 0.1) is 20.2 Å². The van der Waals surface area contributed by atoms with Crippen LogP contribution < -0.4 is 10.8 Å². The highest BCUT2D eigenvalue weighted by molar-refractivity contribution is 5.96. The summed E-state index contributed by atoms with van der Waals surface area (Å²) < 4.78 is 0. The third kappa shape index (κ3) is 3.86. The minimum atomic E-state index is -1.07. The first-order chi connectivity index (χ1) is 9.92. The number of carbonyl (C=O) groups is 1. The number of amides is 1. The van der Waals surface area contributed by atoms with E-state index < -0.39 is 27.1 Å². The molecule has 0 bridgehead atoms. The minimum absolute atomic E-state index is 0.257. The van der Waals surface area contributed by atoms with Crippen molar-refractivity contribution < 1.29 is 19.8 Å². The molecule has 1 amide bonds. The number of hydroxylamine groups is 1. The molecule has 1 aromatic carbocycles. The molecule has 0 saturated heterocycles. The van der Waals surface area contributed by atoms with E-state index in [1.807, 2.05) is 6.92 Å². The molecule has 1 rings (SSSR count). The number of benzene rings is 1. The molecule has 3 N–H and O–H groups in total. The molecule has 0 spiro atoms. The number of nitro groups is 2. The fourth-order valence-corrected chi connectivity index (χ4v) is 1.67. The molecule has 0 radical (unpaired) electrons. The van der Waals surface area contributed by atoms with E-state index in [0.29, 0.717) is 13.0 Å². The average Bonchev–Trinajstić information content (AvgIpc) is 2.45. The summed E-state index contributed by atoms with van der Waals surface area (Å²) >= 11 is 0. The van der Waals surface area contributed by atoms with E-state index in [1.54, 1.807) is 0 Å². The van der Waals surface area contributed by atoms with Gasteiger partial charge in [-0.2, -0.15) is 0 Å². The molecular formula is C11H14N4O6. The van der Waals surface area contributed by atoms with Crippen molar-refractivity contribution in [1.82, 2.24) is 5.48 Å². The van der Waals surface area contributed by atoms with E-state index in [-0.39, 0.29) is 11.3 Å². The Hall–Kier alpha value is -2.75. The predicted molar refractivity (Wildman–Crippen MR) is 72.4 cm³/mol. The van der Waals surface area contributed by atoms with Crippen LogP contribution in [0.1, 0.15) is 30.1 Å². The van der Waals surface area contributed by atoms with Crippen LogP contribution in [0.25, 0.3) is 0 Å². The standard InChI is InChI=1S/C11H14N4O6/c1-2-3-4-12-10-8(14(18)19)5-7(11(16)13-17)6-9(10)15(20)21/h5-6,12,17H,2-4H2,1H3,(H,13,16). The number of rotatable bonds is 7. The SMILES string of the molecule is CCCCNc1c([N+](=O)[O-])cc(C(=O)NO)cc1[N+](=O)[O-]. The van der Waals surface area contributed by atoms with E-state index in [2.05, 4.69) is 5.32 Å². The van der Waals surface area contributed by atoms with E-state index >= 15 is 0 Å². The molecule has 0 aliphatic carbocycles. The second-order valence-corrected chi connectivity index (χ2v) is 4.12. The van der Waals surface area contributed by atoms with E-state index in [4.69, 9.17) is 5.21 Å². The van der Waals surface area contributed by atoms with Crippen molar-refractivity contribution in [3.63, 3.8) is 0 Å². The number of nitro benzene ring substituents is 2. The molecule has 10 heteroatoms. The lowest BCUT2D eigenvalue weighted by atomic mass is 10.1. The highest BCUT2D eigenvalue weighted by Gasteiger charge is 2.28. The maximum absolute atomic E-state index is 11.3. The summed E-state index contributed by atoms with van der Waals surface area (Å²) in [4.78, 5) is 31.7. The molecule has 0 aliphatic heterocycles. The van der Waals surface area contributed by atoms with Crippen molar-refractivity contribution in [2.24, 2.45) is 0 Å². The van der Waals surface area contributed by atoms with Gasteiger partial charge in [0.05, 0.1) is 15.4 Å². The van der Waals surface area contributed by atoms with Gasteiger partial charge >= 0.3 is 0 Å². The fourth-order valence-electron chi connectivity index (χ4n) is 1.67. The van der Waals surface area contributed by atoms with Crippen molar-refractivity contribution in [3.05, 3.63) is 37.9 Å². The van der Waals surface area contributed by atoms with Gasteiger partial charge in [-0.1, -0.05) is 13.3 Å². The van der Waals surface area contributed by atoms with Crippen LogP contribution in [-0.4, -0.2) is 27.5 Å². The number of nitrogens with one attached hydrogen (secondary N) is 2. The van der Waals surface area contributed by atoms with Crippen LogP contribution in [0.2, 0.25) is 0 Å². The second-order valence-electron chi connectivity index (χ2n) is 4.12. The maximum Gasteiger partial charge on any atom is 0.300 e. The van der Waals surface area contributed by atoms with Gasteiger partial charge in [-0.15, -0.1) is 0 Å². The molecule has 0 atom stereocenters. The summed E-state index contributed by atoms with van der Waals surface area (Å²) in [5.74, 6) is -1.07. The van der Waals surface area contributed by atoms with Crippen molar-refractivity contribution >= 4 is 23.0 Å². The Morgan fingerprint density at radius 3 is 2.14 bits per heavy atom. The highest BCUT2D eigenvalue weighted by Crippen LogP contribution is 2.35. The molecule has 10 nitrogen and oxygen atoms in total. The first kappa shape index (κ1) is 16.3. The lowest BCUT2D eigenvalue weighted by Gasteiger charge is -2.08. The van der Waals surface area contributed by atoms with Gasteiger partial charge in [-0.3, -0.25) is 30.2 Å². The van der Waals surface area contributed by atoms with E-state index in [1.165, 1.54) is 5.48 Å². The quantitative estimate of drug-likeness (QED) is 0.301. The number of anilines is 1. The fraction of sp³-hybridized carbons (Fsp3) is 0.364. The van der Waals surface area contributed by atoms with Gasteiger partial charge in [0.1, 0.15) is 0 Å². The number of nitrogens with zero attached hydrogens (tertiary/aromatic N) is 2. The highest BCUT2D eigenvalue weighted by atomic mass is 16.6. The monoisotopic (exact) mass is 298 g/mol. The summed E-state index contributed by atoms with van der Waals surface area (Å²) in [5.41, 5.74) is -0.550. The molecule has 0 fully saturated rings. The summed E-state index contributed by atoms with van der Waals surface area (Å²) in [6.45, 7) is 2.23. The van der Waals surface area contributed by atoms with Crippen molar-refractivity contribution in [2.75, 3.05) is 11.9 Å². The van der Waals surface area contributed by atoms with Crippen LogP contribution in [0.15, 0.2) is 12.1 Å². The first-order valence-electron chi connectivity index (χ1n) is 6.07. The lowest BCUT2D eigenvalue weighted by Crippen LogP contribution is -2.19. The zero-order chi connectivity index (χ0) is 16.0. The first-order valence-corrected chi connectivity index (χ1v) is 6.07. The number of unbranched alkanes of at least 4 members (excludes halogenated alkanes) is 1. The number of carbonyl (C=O) groups excluding carboxylic acids is 1. The van der Waals surface area contributed by atoms with Crippen molar-refractivity contribution in [1.29, 1.82) is 0 Å².